The molecule has 1 aromatic rings. The molecule has 1 aromatic heterocycles. The van der Waals surface area contributed by atoms with Crippen molar-refractivity contribution in [2.75, 3.05) is 6.54 Å². The van der Waals surface area contributed by atoms with Crippen LogP contribution in [-0.2, 0) is 4.79 Å². The van der Waals surface area contributed by atoms with Gasteiger partial charge in [0, 0.05) is 12.2 Å². The Bertz CT molecular complexity index is 406. The first-order valence-corrected chi connectivity index (χ1v) is 4.80. The minimum absolute atomic E-state index is 0.0806. The van der Waals surface area contributed by atoms with Crippen molar-refractivity contribution in [1.29, 1.82) is 0 Å². The van der Waals surface area contributed by atoms with Crippen LogP contribution in [0.1, 0.15) is 23.1 Å². The minimum atomic E-state index is -0.945. The molecule has 16 heavy (non-hydrogen) atoms. The van der Waals surface area contributed by atoms with E-state index in [0.717, 1.165) is 0 Å². The second-order valence-electron chi connectivity index (χ2n) is 3.49. The van der Waals surface area contributed by atoms with Crippen LogP contribution in [-0.4, -0.2) is 33.5 Å². The lowest BCUT2D eigenvalue weighted by atomic mass is 10.2. The van der Waals surface area contributed by atoms with Crippen LogP contribution < -0.4 is 5.32 Å². The fraction of sp³-hybridized carbons (Fsp3) is 0.400. The number of hydrogen-bond acceptors (Lipinski definition) is 4. The fourth-order valence-electron chi connectivity index (χ4n) is 1.00. The Hall–Kier alpha value is -1.98. The van der Waals surface area contributed by atoms with Gasteiger partial charge < -0.3 is 10.4 Å². The van der Waals surface area contributed by atoms with Gasteiger partial charge in [0.25, 0.3) is 5.91 Å². The third-order valence-corrected chi connectivity index (χ3v) is 2.03. The highest BCUT2D eigenvalue weighted by atomic mass is 16.4. The lowest BCUT2D eigenvalue weighted by Gasteiger charge is -2.07. The maximum absolute atomic E-state index is 11.5. The van der Waals surface area contributed by atoms with Crippen LogP contribution in [0, 0.1) is 12.8 Å². The summed E-state index contributed by atoms with van der Waals surface area (Å²) in [5.41, 5.74) is 0.927. The SMILES string of the molecule is Cc1cc(C(=O)NCC(C)C(=O)O)ncn1. The molecule has 2 N–H and O–H groups in total. The molecule has 0 fully saturated rings. The van der Waals surface area contributed by atoms with Crippen LogP contribution in [0.4, 0.5) is 0 Å². The summed E-state index contributed by atoms with van der Waals surface area (Å²) in [4.78, 5) is 29.7. The molecule has 1 rings (SSSR count). The first-order valence-electron chi connectivity index (χ1n) is 4.80. The third kappa shape index (κ3) is 3.30. The van der Waals surface area contributed by atoms with Gasteiger partial charge in [-0.3, -0.25) is 9.59 Å². The van der Waals surface area contributed by atoms with Crippen molar-refractivity contribution in [3.8, 4) is 0 Å². The van der Waals surface area contributed by atoms with Gasteiger partial charge in [0.05, 0.1) is 5.92 Å². The van der Waals surface area contributed by atoms with Crippen molar-refractivity contribution in [2.45, 2.75) is 13.8 Å². The predicted octanol–water partition coefficient (Wildman–Crippen LogP) is 0.236. The number of amides is 1. The Labute approximate surface area is 92.7 Å². The molecule has 0 aromatic carbocycles. The second kappa shape index (κ2) is 5.20. The smallest absolute Gasteiger partial charge is 0.308 e. The molecule has 0 aliphatic rings. The number of aromatic nitrogens is 2. The van der Waals surface area contributed by atoms with Crippen molar-refractivity contribution in [2.24, 2.45) is 5.92 Å². The Kier molecular flexibility index (Phi) is 3.93. The summed E-state index contributed by atoms with van der Waals surface area (Å²) >= 11 is 0. The molecule has 0 saturated heterocycles. The third-order valence-electron chi connectivity index (χ3n) is 2.03. The molecule has 1 atom stereocenters. The molecule has 0 aliphatic heterocycles. The van der Waals surface area contributed by atoms with E-state index in [9.17, 15) is 9.59 Å². The zero-order chi connectivity index (χ0) is 12.1. The molecule has 1 amide bonds. The fourth-order valence-corrected chi connectivity index (χ4v) is 1.00. The normalized spacial score (nSPS) is 11.9. The van der Waals surface area contributed by atoms with E-state index >= 15 is 0 Å². The number of carboxylic acids is 1. The van der Waals surface area contributed by atoms with E-state index in [4.69, 9.17) is 5.11 Å². The molecular weight excluding hydrogens is 210 g/mol. The van der Waals surface area contributed by atoms with E-state index in [1.807, 2.05) is 0 Å². The number of nitrogens with one attached hydrogen (secondary N) is 1. The average molecular weight is 223 g/mol. The maximum Gasteiger partial charge on any atom is 0.308 e. The van der Waals surface area contributed by atoms with Crippen molar-refractivity contribution in [3.05, 3.63) is 23.8 Å². The Morgan fingerprint density at radius 3 is 2.75 bits per heavy atom. The minimum Gasteiger partial charge on any atom is -0.481 e. The zero-order valence-electron chi connectivity index (χ0n) is 9.10. The second-order valence-corrected chi connectivity index (χ2v) is 3.49. The van der Waals surface area contributed by atoms with Gasteiger partial charge in [-0.1, -0.05) is 6.92 Å². The molecule has 0 aliphatic carbocycles. The number of carbonyl (C=O) groups is 2. The predicted molar refractivity (Wildman–Crippen MR) is 55.9 cm³/mol. The van der Waals surface area contributed by atoms with Crippen molar-refractivity contribution in [1.82, 2.24) is 15.3 Å². The topological polar surface area (TPSA) is 92.2 Å². The van der Waals surface area contributed by atoms with E-state index in [1.165, 1.54) is 13.3 Å². The highest BCUT2D eigenvalue weighted by molar-refractivity contribution is 5.92. The lowest BCUT2D eigenvalue weighted by Crippen LogP contribution is -2.32. The van der Waals surface area contributed by atoms with Crippen LogP contribution >= 0.6 is 0 Å². The summed E-state index contributed by atoms with van der Waals surface area (Å²) in [6.07, 6.45) is 1.30. The summed E-state index contributed by atoms with van der Waals surface area (Å²) in [7, 11) is 0. The zero-order valence-corrected chi connectivity index (χ0v) is 9.10. The van der Waals surface area contributed by atoms with Gasteiger partial charge in [0.2, 0.25) is 0 Å². The number of hydrogen-bond donors (Lipinski definition) is 2. The van der Waals surface area contributed by atoms with Gasteiger partial charge in [0.1, 0.15) is 12.0 Å². The Morgan fingerprint density at radius 1 is 1.50 bits per heavy atom. The van der Waals surface area contributed by atoms with Gasteiger partial charge in [-0.25, -0.2) is 9.97 Å². The maximum atomic E-state index is 11.5. The number of carbonyl (C=O) groups excluding carboxylic acids is 1. The molecule has 1 heterocycles. The molecule has 1 unspecified atom stereocenters. The molecular formula is C10H13N3O3. The molecule has 0 saturated carbocycles. The van der Waals surface area contributed by atoms with E-state index in [-0.39, 0.29) is 12.2 Å². The number of aryl methyl sites for hydroxylation is 1. The van der Waals surface area contributed by atoms with Gasteiger partial charge in [0.15, 0.2) is 0 Å². The van der Waals surface area contributed by atoms with Crippen LogP contribution in [0.3, 0.4) is 0 Å². The summed E-state index contributed by atoms with van der Waals surface area (Å²) in [5.74, 6) is -1.95. The summed E-state index contributed by atoms with van der Waals surface area (Å²) < 4.78 is 0. The van der Waals surface area contributed by atoms with E-state index in [0.29, 0.717) is 5.69 Å². The van der Waals surface area contributed by atoms with Crippen molar-refractivity contribution >= 4 is 11.9 Å². The first kappa shape index (κ1) is 12.1. The number of rotatable bonds is 4. The van der Waals surface area contributed by atoms with Gasteiger partial charge >= 0.3 is 5.97 Å². The van der Waals surface area contributed by atoms with Gasteiger partial charge in [-0.15, -0.1) is 0 Å². The van der Waals surface area contributed by atoms with Crippen LogP contribution in [0.25, 0.3) is 0 Å². The van der Waals surface area contributed by atoms with E-state index in [1.54, 1.807) is 13.0 Å². The lowest BCUT2D eigenvalue weighted by molar-refractivity contribution is -0.140. The van der Waals surface area contributed by atoms with Crippen molar-refractivity contribution < 1.29 is 14.7 Å². The molecule has 0 radical (unpaired) electrons. The number of aliphatic carboxylic acids is 1. The summed E-state index contributed by atoms with van der Waals surface area (Å²) in [5, 5.41) is 11.1. The van der Waals surface area contributed by atoms with Gasteiger partial charge in [-0.2, -0.15) is 0 Å². The van der Waals surface area contributed by atoms with Crippen LogP contribution in [0.5, 0.6) is 0 Å². The van der Waals surface area contributed by atoms with Crippen molar-refractivity contribution in [3.63, 3.8) is 0 Å². The number of nitrogens with zero attached hydrogens (tertiary/aromatic N) is 2. The van der Waals surface area contributed by atoms with E-state index < -0.39 is 17.8 Å². The largest absolute Gasteiger partial charge is 0.481 e. The first-order chi connectivity index (χ1) is 7.50. The van der Waals surface area contributed by atoms with Crippen LogP contribution in [0.2, 0.25) is 0 Å². The number of carboxylic acid groups (broad SMARTS) is 1. The molecule has 0 spiro atoms. The molecule has 86 valence electrons. The summed E-state index contributed by atoms with van der Waals surface area (Å²) in [6, 6.07) is 1.54. The summed E-state index contributed by atoms with van der Waals surface area (Å²) in [6.45, 7) is 3.35. The Morgan fingerprint density at radius 2 is 2.19 bits per heavy atom. The monoisotopic (exact) mass is 223 g/mol. The molecule has 6 heteroatoms. The Balaban J connectivity index is 2.56. The van der Waals surface area contributed by atoms with Gasteiger partial charge in [-0.05, 0) is 13.0 Å². The van der Waals surface area contributed by atoms with E-state index in [2.05, 4.69) is 15.3 Å². The highest BCUT2D eigenvalue weighted by Crippen LogP contribution is 1.97. The average Bonchev–Trinajstić information content (AvgIpc) is 2.25. The molecule has 0 bridgehead atoms. The molecule has 6 nitrogen and oxygen atoms in total. The standard InChI is InChI=1S/C10H13N3O3/c1-6(10(15)16)4-11-9(14)8-3-7(2)12-5-13-8/h3,5-6H,4H2,1-2H3,(H,11,14)(H,15,16). The quantitative estimate of drug-likeness (QED) is 0.762. The highest BCUT2D eigenvalue weighted by Gasteiger charge is 2.13. The van der Waals surface area contributed by atoms with Crippen LogP contribution in [0.15, 0.2) is 12.4 Å².